The predicted octanol–water partition coefficient (Wildman–Crippen LogP) is 2.86. The van der Waals surface area contributed by atoms with Crippen molar-refractivity contribution in [1.82, 2.24) is 15.6 Å². The van der Waals surface area contributed by atoms with E-state index in [1.807, 2.05) is 33.1 Å². The van der Waals surface area contributed by atoms with Gasteiger partial charge in [0.25, 0.3) is 0 Å². The van der Waals surface area contributed by atoms with Crippen LogP contribution in [0.15, 0.2) is 11.6 Å². The van der Waals surface area contributed by atoms with Crippen molar-refractivity contribution in [1.29, 1.82) is 0 Å². The lowest BCUT2D eigenvalue weighted by atomic mass is 9.82. The Hall–Kier alpha value is -1.18. The van der Waals surface area contributed by atoms with Gasteiger partial charge >= 0.3 is 6.09 Å². The Morgan fingerprint density at radius 2 is 2.26 bits per heavy atom. The molecule has 0 bridgehead atoms. The summed E-state index contributed by atoms with van der Waals surface area (Å²) in [7, 11) is 0. The zero-order valence-electron chi connectivity index (χ0n) is 14.5. The fourth-order valence-electron chi connectivity index (χ4n) is 2.63. The van der Waals surface area contributed by atoms with Gasteiger partial charge in [-0.25, -0.2) is 9.78 Å². The lowest BCUT2D eigenvalue weighted by Crippen LogP contribution is -2.66. The van der Waals surface area contributed by atoms with Crippen LogP contribution < -0.4 is 10.6 Å². The number of ether oxygens (including phenoxy) is 2. The van der Waals surface area contributed by atoms with Gasteiger partial charge in [0.2, 0.25) is 0 Å². The third kappa shape index (κ3) is 5.16. The van der Waals surface area contributed by atoms with Crippen LogP contribution in [0.3, 0.4) is 0 Å². The van der Waals surface area contributed by atoms with Crippen molar-refractivity contribution < 1.29 is 14.3 Å². The summed E-state index contributed by atoms with van der Waals surface area (Å²) in [5.74, 6) is 0. The number of carbonyl (C=O) groups is 1. The first-order valence-electron chi connectivity index (χ1n) is 8.06. The molecule has 0 aromatic carbocycles. The van der Waals surface area contributed by atoms with Gasteiger partial charge in [-0.2, -0.15) is 0 Å². The number of alkyl carbamates (subject to hydrolysis) is 1. The summed E-state index contributed by atoms with van der Waals surface area (Å²) < 4.78 is 11.1. The number of carbonyl (C=O) groups excluding carboxylic acids is 1. The van der Waals surface area contributed by atoms with Crippen molar-refractivity contribution in [2.75, 3.05) is 6.61 Å². The van der Waals surface area contributed by atoms with Crippen LogP contribution in [-0.2, 0) is 9.47 Å². The lowest BCUT2D eigenvalue weighted by molar-refractivity contribution is -0.0462. The van der Waals surface area contributed by atoms with E-state index in [9.17, 15) is 4.79 Å². The largest absolute Gasteiger partial charge is 0.444 e. The van der Waals surface area contributed by atoms with E-state index in [0.717, 1.165) is 11.4 Å². The monoisotopic (exact) mass is 341 g/mol. The van der Waals surface area contributed by atoms with Crippen LogP contribution in [0.4, 0.5) is 4.79 Å². The van der Waals surface area contributed by atoms with Gasteiger partial charge in [0, 0.05) is 18.2 Å². The molecule has 6 nitrogen and oxygen atoms in total. The standard InChI is InChI=1S/C16H27N3O3S/c1-6-21-12-9-11(19-15(20)22-16(3,4)5)13(12)18-10(2)14-17-7-8-23-14/h7-8,10-13,18H,6,9H2,1-5H3,(H,19,20). The first-order valence-corrected chi connectivity index (χ1v) is 8.94. The molecule has 1 fully saturated rings. The minimum atomic E-state index is -0.496. The molecule has 0 aliphatic heterocycles. The second-order valence-electron chi connectivity index (χ2n) is 6.77. The van der Waals surface area contributed by atoms with E-state index < -0.39 is 5.60 Å². The van der Waals surface area contributed by atoms with Crippen LogP contribution >= 0.6 is 11.3 Å². The second kappa shape index (κ2) is 7.59. The van der Waals surface area contributed by atoms with Crippen LogP contribution in [0, 0.1) is 0 Å². The molecule has 1 heterocycles. The number of hydrogen-bond acceptors (Lipinski definition) is 6. The van der Waals surface area contributed by atoms with Crippen molar-refractivity contribution in [3.05, 3.63) is 16.6 Å². The molecule has 2 rings (SSSR count). The lowest BCUT2D eigenvalue weighted by Gasteiger charge is -2.45. The van der Waals surface area contributed by atoms with Crippen molar-refractivity contribution in [2.24, 2.45) is 0 Å². The van der Waals surface area contributed by atoms with Gasteiger partial charge in [-0.3, -0.25) is 0 Å². The topological polar surface area (TPSA) is 72.5 Å². The SMILES string of the molecule is CCOC1CC(NC(=O)OC(C)(C)C)C1NC(C)c1nccs1. The molecule has 1 aromatic rings. The molecule has 1 aliphatic carbocycles. The van der Waals surface area contributed by atoms with Crippen molar-refractivity contribution in [3.8, 4) is 0 Å². The Morgan fingerprint density at radius 1 is 1.52 bits per heavy atom. The zero-order chi connectivity index (χ0) is 17.0. The minimum absolute atomic E-state index is 0.00353. The highest BCUT2D eigenvalue weighted by molar-refractivity contribution is 7.09. The summed E-state index contributed by atoms with van der Waals surface area (Å²) in [6.07, 6.45) is 2.30. The summed E-state index contributed by atoms with van der Waals surface area (Å²) in [5.41, 5.74) is -0.496. The van der Waals surface area contributed by atoms with Crippen LogP contribution in [0.5, 0.6) is 0 Å². The summed E-state index contributed by atoms with van der Waals surface area (Å²) in [6.45, 7) is 10.3. The number of nitrogens with one attached hydrogen (secondary N) is 2. The number of thiazole rings is 1. The molecule has 23 heavy (non-hydrogen) atoms. The summed E-state index contributed by atoms with van der Waals surface area (Å²) in [6, 6.07) is 0.177. The highest BCUT2D eigenvalue weighted by Gasteiger charge is 2.43. The molecule has 1 amide bonds. The number of hydrogen-bond donors (Lipinski definition) is 2. The molecule has 4 unspecified atom stereocenters. The Morgan fingerprint density at radius 3 is 2.83 bits per heavy atom. The first-order chi connectivity index (χ1) is 10.8. The van der Waals surface area contributed by atoms with Crippen LogP contribution in [0.25, 0.3) is 0 Å². The van der Waals surface area contributed by atoms with Gasteiger partial charge in [-0.05, 0) is 41.0 Å². The van der Waals surface area contributed by atoms with Crippen molar-refractivity contribution >= 4 is 17.4 Å². The van der Waals surface area contributed by atoms with Gasteiger partial charge in [0.05, 0.1) is 24.2 Å². The molecule has 130 valence electrons. The van der Waals surface area contributed by atoms with E-state index in [2.05, 4.69) is 22.5 Å². The highest BCUT2D eigenvalue weighted by Crippen LogP contribution is 2.28. The fourth-order valence-corrected chi connectivity index (χ4v) is 3.29. The van der Waals surface area contributed by atoms with Crippen molar-refractivity contribution in [2.45, 2.75) is 70.9 Å². The second-order valence-corrected chi connectivity index (χ2v) is 7.69. The Balaban J connectivity index is 1.93. The number of rotatable bonds is 6. The van der Waals surface area contributed by atoms with Crippen LogP contribution in [-0.4, -0.2) is 41.5 Å². The molecule has 4 atom stereocenters. The summed E-state index contributed by atoms with van der Waals surface area (Å²) in [4.78, 5) is 16.3. The smallest absolute Gasteiger partial charge is 0.407 e. The van der Waals surface area contributed by atoms with Gasteiger partial charge in [0.15, 0.2) is 0 Å². The molecule has 0 saturated heterocycles. The highest BCUT2D eigenvalue weighted by atomic mass is 32.1. The summed E-state index contributed by atoms with van der Waals surface area (Å²) >= 11 is 1.62. The molecule has 1 saturated carbocycles. The number of nitrogens with zero attached hydrogens (tertiary/aromatic N) is 1. The molecule has 1 aliphatic rings. The maximum atomic E-state index is 12.0. The molecular weight excluding hydrogens is 314 g/mol. The molecule has 0 spiro atoms. The maximum Gasteiger partial charge on any atom is 0.407 e. The van der Waals surface area contributed by atoms with Gasteiger partial charge in [-0.15, -0.1) is 11.3 Å². The summed E-state index contributed by atoms with van der Waals surface area (Å²) in [5, 5.41) is 9.46. The van der Waals surface area contributed by atoms with E-state index in [1.165, 1.54) is 0 Å². The zero-order valence-corrected chi connectivity index (χ0v) is 15.3. The van der Waals surface area contributed by atoms with Crippen LogP contribution in [0.1, 0.15) is 52.1 Å². The third-order valence-corrected chi connectivity index (χ3v) is 4.63. The average molecular weight is 341 g/mol. The molecule has 2 N–H and O–H groups in total. The van der Waals surface area contributed by atoms with Gasteiger partial charge < -0.3 is 20.1 Å². The molecule has 7 heteroatoms. The normalized spacial score (nSPS) is 25.5. The Bertz CT molecular complexity index is 501. The van der Waals surface area contributed by atoms with Crippen molar-refractivity contribution in [3.63, 3.8) is 0 Å². The predicted molar refractivity (Wildman–Crippen MR) is 90.6 cm³/mol. The molecular formula is C16H27N3O3S. The number of aromatic nitrogens is 1. The van der Waals surface area contributed by atoms with Gasteiger partial charge in [0.1, 0.15) is 10.6 Å². The Labute approximate surface area is 142 Å². The first kappa shape index (κ1) is 18.2. The minimum Gasteiger partial charge on any atom is -0.444 e. The van der Waals surface area contributed by atoms with Gasteiger partial charge in [-0.1, -0.05) is 0 Å². The van der Waals surface area contributed by atoms with E-state index in [-0.39, 0.29) is 30.3 Å². The maximum absolute atomic E-state index is 12.0. The Kier molecular flexibility index (Phi) is 6.00. The van der Waals surface area contributed by atoms with Crippen LogP contribution in [0.2, 0.25) is 0 Å². The quantitative estimate of drug-likeness (QED) is 0.832. The third-order valence-electron chi connectivity index (χ3n) is 3.67. The fraction of sp³-hybridized carbons (Fsp3) is 0.750. The molecule has 1 aromatic heterocycles. The van der Waals surface area contributed by atoms with E-state index in [0.29, 0.717) is 6.61 Å². The van der Waals surface area contributed by atoms with E-state index >= 15 is 0 Å². The van der Waals surface area contributed by atoms with E-state index in [4.69, 9.17) is 9.47 Å². The number of amides is 1. The van der Waals surface area contributed by atoms with E-state index in [1.54, 1.807) is 17.5 Å². The average Bonchev–Trinajstić information content (AvgIpc) is 2.95. The molecule has 0 radical (unpaired) electrons.